The zero-order valence-electron chi connectivity index (χ0n) is 20.2. The average molecular weight is 469 g/mol. The van der Waals surface area contributed by atoms with Gasteiger partial charge in [-0.15, -0.1) is 0 Å². The van der Waals surface area contributed by atoms with Crippen molar-refractivity contribution in [1.29, 1.82) is 0 Å². The second-order valence-corrected chi connectivity index (χ2v) is 13.7. The van der Waals surface area contributed by atoms with Gasteiger partial charge < -0.3 is 4.42 Å². The van der Waals surface area contributed by atoms with Gasteiger partial charge in [0.15, 0.2) is 6.20 Å². The van der Waals surface area contributed by atoms with Crippen LogP contribution in [0.5, 0.6) is 0 Å². The van der Waals surface area contributed by atoms with Crippen LogP contribution in [-0.2, 0) is 7.05 Å². The summed E-state index contributed by atoms with van der Waals surface area (Å²) in [6, 6.07) is 35.5. The van der Waals surface area contributed by atoms with Crippen LogP contribution in [0.15, 0.2) is 108 Å². The lowest BCUT2D eigenvalue weighted by Gasteiger charge is -2.26. The largest absolute Gasteiger partial charge is 0.455 e. The predicted octanol–water partition coefficient (Wildman–Crippen LogP) is 5.47. The number of aromatic nitrogens is 1. The van der Waals surface area contributed by atoms with Crippen molar-refractivity contribution >= 4 is 45.6 Å². The second-order valence-electron chi connectivity index (χ2n) is 9.83. The third kappa shape index (κ3) is 2.67. The van der Waals surface area contributed by atoms with Crippen LogP contribution in [0.25, 0.3) is 44.3 Å². The Hall–Kier alpha value is -3.95. The fourth-order valence-corrected chi connectivity index (χ4v) is 10.7. The topological polar surface area (TPSA) is 17.0 Å². The van der Waals surface area contributed by atoms with E-state index in [0.29, 0.717) is 0 Å². The van der Waals surface area contributed by atoms with E-state index in [-0.39, 0.29) is 0 Å². The van der Waals surface area contributed by atoms with Gasteiger partial charge in [0.1, 0.15) is 26.3 Å². The number of benzene rings is 4. The maximum Gasteiger partial charge on any atom is 0.216 e. The number of nitrogens with zero attached hydrogens (tertiary/aromatic N) is 1. The van der Waals surface area contributed by atoms with Crippen molar-refractivity contribution in [3.05, 3.63) is 109 Å². The molecule has 0 spiro atoms. The van der Waals surface area contributed by atoms with Crippen molar-refractivity contribution in [1.82, 2.24) is 0 Å². The first-order chi connectivity index (χ1) is 17.1. The number of aryl methyl sites for hydroxylation is 2. The molecule has 0 saturated carbocycles. The SMILES string of the molecule is Cc1ccc2c(oc3cccc([Si]4(C)c5ccccc5-c5ccccc54)c32)c1-c1cccc[n+]1C. The summed E-state index contributed by atoms with van der Waals surface area (Å²) < 4.78 is 8.88. The molecule has 168 valence electrons. The smallest absolute Gasteiger partial charge is 0.216 e. The van der Waals surface area contributed by atoms with E-state index in [2.05, 4.69) is 128 Å². The van der Waals surface area contributed by atoms with Crippen LogP contribution in [0.3, 0.4) is 0 Å². The second kappa shape index (κ2) is 7.27. The van der Waals surface area contributed by atoms with E-state index in [1.54, 1.807) is 0 Å². The molecule has 1 aliphatic rings. The van der Waals surface area contributed by atoms with E-state index in [1.165, 1.54) is 48.6 Å². The van der Waals surface area contributed by atoms with E-state index >= 15 is 0 Å². The number of fused-ring (bicyclic) bond motifs is 6. The zero-order valence-corrected chi connectivity index (χ0v) is 21.2. The first-order valence-electron chi connectivity index (χ1n) is 12.2. The standard InChI is InChI=1S/C32H26NOSi/c1-21-18-19-24-31-26(34-32(24)30(21)25-13-8-9-20-33(25)2)14-10-17-29(31)35(3)27-15-6-4-11-22(27)23-12-5-7-16-28(23)35/h4-20H,1-3H3/q+1. The maximum absolute atomic E-state index is 6.70. The molecule has 0 fully saturated rings. The molecule has 0 atom stereocenters. The summed E-state index contributed by atoms with van der Waals surface area (Å²) in [5, 5.41) is 6.88. The Labute approximate surface area is 206 Å². The van der Waals surface area contributed by atoms with Gasteiger partial charge in [-0.3, -0.25) is 0 Å². The minimum absolute atomic E-state index is 0.971. The molecule has 3 heteroatoms. The van der Waals surface area contributed by atoms with Crippen LogP contribution in [0.4, 0.5) is 0 Å². The Kier molecular flexibility index (Phi) is 4.24. The first kappa shape index (κ1) is 20.4. The summed E-state index contributed by atoms with van der Waals surface area (Å²) in [4.78, 5) is 0. The minimum atomic E-state index is -2.24. The van der Waals surface area contributed by atoms with Gasteiger partial charge in [0.05, 0.1) is 5.56 Å². The fourth-order valence-electron chi connectivity index (χ4n) is 6.25. The Morgan fingerprint density at radius 1 is 0.686 bits per heavy atom. The quantitative estimate of drug-likeness (QED) is 0.243. The van der Waals surface area contributed by atoms with Gasteiger partial charge in [-0.2, -0.15) is 0 Å². The summed E-state index contributed by atoms with van der Waals surface area (Å²) in [5.41, 5.74) is 8.28. The van der Waals surface area contributed by atoms with E-state index in [0.717, 1.165) is 16.9 Å². The van der Waals surface area contributed by atoms with Gasteiger partial charge in [0.2, 0.25) is 5.69 Å². The van der Waals surface area contributed by atoms with Crippen LogP contribution in [0.2, 0.25) is 6.55 Å². The fraction of sp³-hybridized carbons (Fsp3) is 0.0938. The molecule has 0 radical (unpaired) electrons. The summed E-state index contributed by atoms with van der Waals surface area (Å²) >= 11 is 0. The number of hydrogen-bond donors (Lipinski definition) is 0. The molecule has 0 saturated heterocycles. The Bertz CT molecular complexity index is 1750. The lowest BCUT2D eigenvalue weighted by molar-refractivity contribution is -0.660. The van der Waals surface area contributed by atoms with Crippen LogP contribution < -0.4 is 20.1 Å². The average Bonchev–Trinajstić information content (AvgIpc) is 3.39. The molecule has 2 nitrogen and oxygen atoms in total. The molecular weight excluding hydrogens is 442 g/mol. The van der Waals surface area contributed by atoms with Gasteiger partial charge in [0.25, 0.3) is 0 Å². The molecule has 4 aromatic carbocycles. The highest BCUT2D eigenvalue weighted by molar-refractivity contribution is 7.14. The van der Waals surface area contributed by atoms with Gasteiger partial charge in [0, 0.05) is 22.9 Å². The maximum atomic E-state index is 6.70. The van der Waals surface area contributed by atoms with Crippen molar-refractivity contribution < 1.29 is 8.98 Å². The number of pyridine rings is 1. The Morgan fingerprint density at radius 3 is 2.06 bits per heavy atom. The van der Waals surface area contributed by atoms with Crippen LogP contribution in [0, 0.1) is 6.92 Å². The lowest BCUT2D eigenvalue weighted by Crippen LogP contribution is -2.62. The Morgan fingerprint density at radius 2 is 1.34 bits per heavy atom. The van der Waals surface area contributed by atoms with Gasteiger partial charge in [-0.25, -0.2) is 4.57 Å². The third-order valence-corrected chi connectivity index (χ3v) is 12.5. The molecule has 7 rings (SSSR count). The molecular formula is C32H26NOSi+. The third-order valence-electron chi connectivity index (χ3n) is 7.94. The molecule has 35 heavy (non-hydrogen) atoms. The summed E-state index contributed by atoms with van der Waals surface area (Å²) in [5.74, 6) is 0. The Balaban J connectivity index is 1.60. The number of furan rings is 1. The molecule has 0 bridgehead atoms. The number of hydrogen-bond acceptors (Lipinski definition) is 1. The summed E-state index contributed by atoms with van der Waals surface area (Å²) in [6.45, 7) is 4.69. The normalized spacial score (nSPS) is 13.8. The highest BCUT2D eigenvalue weighted by Gasteiger charge is 2.44. The lowest BCUT2D eigenvalue weighted by atomic mass is 10.0. The highest BCUT2D eigenvalue weighted by atomic mass is 28.3. The van der Waals surface area contributed by atoms with Crippen LogP contribution in [-0.4, -0.2) is 8.07 Å². The van der Waals surface area contributed by atoms with Crippen molar-refractivity contribution in [2.24, 2.45) is 7.05 Å². The first-order valence-corrected chi connectivity index (χ1v) is 14.7. The van der Waals surface area contributed by atoms with E-state index in [4.69, 9.17) is 4.42 Å². The molecule has 2 aromatic heterocycles. The predicted molar refractivity (Wildman–Crippen MR) is 147 cm³/mol. The molecule has 1 aliphatic heterocycles. The van der Waals surface area contributed by atoms with E-state index in [9.17, 15) is 0 Å². The zero-order chi connectivity index (χ0) is 23.7. The molecule has 0 N–H and O–H groups in total. The molecule has 3 heterocycles. The van der Waals surface area contributed by atoms with E-state index in [1.807, 2.05) is 0 Å². The van der Waals surface area contributed by atoms with Crippen LogP contribution in [0.1, 0.15) is 5.56 Å². The van der Waals surface area contributed by atoms with Crippen molar-refractivity contribution in [2.75, 3.05) is 0 Å². The van der Waals surface area contributed by atoms with Crippen molar-refractivity contribution in [2.45, 2.75) is 13.5 Å². The van der Waals surface area contributed by atoms with Crippen molar-refractivity contribution in [3.8, 4) is 22.4 Å². The minimum Gasteiger partial charge on any atom is -0.455 e. The van der Waals surface area contributed by atoms with Gasteiger partial charge >= 0.3 is 0 Å². The molecule has 6 aromatic rings. The molecule has 0 unspecified atom stereocenters. The summed E-state index contributed by atoms with van der Waals surface area (Å²) in [6.07, 6.45) is 2.10. The molecule has 0 aliphatic carbocycles. The van der Waals surface area contributed by atoms with E-state index < -0.39 is 8.07 Å². The highest BCUT2D eigenvalue weighted by Crippen LogP contribution is 2.38. The monoisotopic (exact) mass is 468 g/mol. The van der Waals surface area contributed by atoms with Crippen LogP contribution >= 0.6 is 0 Å². The van der Waals surface area contributed by atoms with Crippen molar-refractivity contribution in [3.63, 3.8) is 0 Å². The summed E-state index contributed by atoms with van der Waals surface area (Å²) in [7, 11) is -0.136. The molecule has 0 amide bonds. The number of rotatable bonds is 2. The van der Waals surface area contributed by atoms with Gasteiger partial charge in [-0.05, 0) is 51.3 Å². The van der Waals surface area contributed by atoms with Gasteiger partial charge in [-0.1, -0.05) is 79.3 Å².